The van der Waals surface area contributed by atoms with Gasteiger partial charge in [-0.1, -0.05) is 42.5 Å². The lowest BCUT2D eigenvalue weighted by molar-refractivity contribution is 0.0306. The van der Waals surface area contributed by atoms with Gasteiger partial charge in [0.15, 0.2) is 0 Å². The van der Waals surface area contributed by atoms with Crippen LogP contribution in [-0.4, -0.2) is 29.3 Å². The van der Waals surface area contributed by atoms with Crippen LogP contribution in [0.3, 0.4) is 0 Å². The first kappa shape index (κ1) is 16.5. The molecule has 0 saturated heterocycles. The molecule has 0 heterocycles. The summed E-state index contributed by atoms with van der Waals surface area (Å²) in [5.74, 6) is 0.861. The first-order valence-electron chi connectivity index (χ1n) is 7.58. The largest absolute Gasteiger partial charge is 0.497 e. The lowest BCUT2D eigenvalue weighted by atomic mass is 10.1. The van der Waals surface area contributed by atoms with Gasteiger partial charge in [-0.2, -0.15) is 0 Å². The first-order valence-corrected chi connectivity index (χ1v) is 7.58. The van der Waals surface area contributed by atoms with E-state index in [1.165, 1.54) is 11.1 Å². The molecule has 2 aromatic rings. The molecule has 0 bridgehead atoms. The van der Waals surface area contributed by atoms with Crippen molar-refractivity contribution < 1.29 is 9.84 Å². The normalized spacial score (nSPS) is 11.7. The van der Waals surface area contributed by atoms with Crippen LogP contribution in [0.15, 0.2) is 54.6 Å². The summed E-state index contributed by atoms with van der Waals surface area (Å²) in [7, 11) is 1.68. The van der Waals surface area contributed by atoms with Crippen LogP contribution in [0, 0.1) is 0 Å². The molecule has 0 atom stereocenters. The minimum absolute atomic E-state index is 0.610. The maximum Gasteiger partial charge on any atom is 0.119 e. The molecule has 0 saturated carbocycles. The molecule has 3 nitrogen and oxygen atoms in total. The summed E-state index contributed by atoms with van der Waals surface area (Å²) >= 11 is 0. The van der Waals surface area contributed by atoms with Gasteiger partial charge in [0, 0.05) is 19.6 Å². The highest BCUT2D eigenvalue weighted by Crippen LogP contribution is 2.17. The summed E-state index contributed by atoms with van der Waals surface area (Å²) in [6.07, 6.45) is 0. The van der Waals surface area contributed by atoms with Crippen molar-refractivity contribution in [3.63, 3.8) is 0 Å². The van der Waals surface area contributed by atoms with Crippen molar-refractivity contribution in [1.82, 2.24) is 4.90 Å². The zero-order chi connectivity index (χ0) is 16.0. The molecule has 2 aromatic carbocycles. The topological polar surface area (TPSA) is 32.7 Å². The second kappa shape index (κ2) is 7.43. The minimum Gasteiger partial charge on any atom is -0.497 e. The standard InChI is InChI=1S/C19H25NO2/c1-19(2,21)15-20(13-16-8-5-4-6-9-16)14-17-10-7-11-18(12-17)22-3/h4-12,21H,13-15H2,1-3H3. The van der Waals surface area contributed by atoms with Crippen molar-refractivity contribution >= 4 is 0 Å². The molecule has 0 radical (unpaired) electrons. The van der Waals surface area contributed by atoms with Crippen molar-refractivity contribution in [3.05, 3.63) is 65.7 Å². The number of benzene rings is 2. The molecule has 2 rings (SSSR count). The molecule has 118 valence electrons. The average Bonchev–Trinajstić information content (AvgIpc) is 2.46. The summed E-state index contributed by atoms with van der Waals surface area (Å²) < 4.78 is 5.29. The predicted molar refractivity (Wildman–Crippen MR) is 89.8 cm³/mol. The molecule has 0 aliphatic heterocycles. The van der Waals surface area contributed by atoms with E-state index in [4.69, 9.17) is 4.74 Å². The predicted octanol–water partition coefficient (Wildman–Crippen LogP) is 3.47. The quantitative estimate of drug-likeness (QED) is 0.850. The first-order chi connectivity index (χ1) is 10.5. The van der Waals surface area contributed by atoms with Gasteiger partial charge >= 0.3 is 0 Å². The fourth-order valence-corrected chi connectivity index (χ4v) is 2.59. The number of ether oxygens (including phenoxy) is 1. The highest BCUT2D eigenvalue weighted by molar-refractivity contribution is 5.28. The number of aliphatic hydroxyl groups is 1. The van der Waals surface area contributed by atoms with Crippen molar-refractivity contribution in [1.29, 1.82) is 0 Å². The molecule has 1 N–H and O–H groups in total. The molecule has 0 spiro atoms. The maximum atomic E-state index is 10.2. The van der Waals surface area contributed by atoms with E-state index in [0.717, 1.165) is 18.8 Å². The summed E-state index contributed by atoms with van der Waals surface area (Å²) in [5.41, 5.74) is 1.70. The van der Waals surface area contributed by atoms with Crippen LogP contribution < -0.4 is 4.74 Å². The van der Waals surface area contributed by atoms with Crippen LogP contribution in [0.2, 0.25) is 0 Å². The van der Waals surface area contributed by atoms with E-state index in [9.17, 15) is 5.11 Å². The van der Waals surface area contributed by atoms with Crippen molar-refractivity contribution in [2.24, 2.45) is 0 Å². The Balaban J connectivity index is 2.13. The molecule has 22 heavy (non-hydrogen) atoms. The number of hydrogen-bond acceptors (Lipinski definition) is 3. The van der Waals surface area contributed by atoms with Crippen LogP contribution >= 0.6 is 0 Å². The molecule has 0 aromatic heterocycles. The Morgan fingerprint density at radius 2 is 1.59 bits per heavy atom. The number of hydrogen-bond donors (Lipinski definition) is 1. The Kier molecular flexibility index (Phi) is 5.58. The van der Waals surface area contributed by atoms with Gasteiger partial charge in [0.1, 0.15) is 5.75 Å². The summed E-state index contributed by atoms with van der Waals surface area (Å²) in [6.45, 7) is 5.88. The molecular weight excluding hydrogens is 274 g/mol. The Labute approximate surface area is 133 Å². The fourth-order valence-electron chi connectivity index (χ4n) is 2.59. The summed E-state index contributed by atoms with van der Waals surface area (Å²) in [5, 5.41) is 10.2. The third kappa shape index (κ3) is 5.51. The molecule has 3 heteroatoms. The average molecular weight is 299 g/mol. The maximum absolute atomic E-state index is 10.2. The number of methoxy groups -OCH3 is 1. The van der Waals surface area contributed by atoms with Crippen molar-refractivity contribution in [3.8, 4) is 5.75 Å². The molecule has 0 amide bonds. The van der Waals surface area contributed by atoms with E-state index >= 15 is 0 Å². The minimum atomic E-state index is -0.729. The van der Waals surface area contributed by atoms with Crippen LogP contribution in [0.1, 0.15) is 25.0 Å². The summed E-state index contributed by atoms with van der Waals surface area (Å²) in [6, 6.07) is 18.4. The van der Waals surface area contributed by atoms with Crippen molar-refractivity contribution in [2.45, 2.75) is 32.5 Å². The monoisotopic (exact) mass is 299 g/mol. The van der Waals surface area contributed by atoms with Crippen LogP contribution in [0.4, 0.5) is 0 Å². The number of nitrogens with zero attached hydrogens (tertiary/aromatic N) is 1. The van der Waals surface area contributed by atoms with Gasteiger partial charge in [0.25, 0.3) is 0 Å². The van der Waals surface area contributed by atoms with Crippen LogP contribution in [0.5, 0.6) is 5.75 Å². The van der Waals surface area contributed by atoms with Gasteiger partial charge < -0.3 is 9.84 Å². The fraction of sp³-hybridized carbons (Fsp3) is 0.368. The Hall–Kier alpha value is -1.84. The van der Waals surface area contributed by atoms with E-state index in [1.54, 1.807) is 7.11 Å². The molecule has 0 aliphatic carbocycles. The van der Waals surface area contributed by atoms with E-state index in [2.05, 4.69) is 23.1 Å². The SMILES string of the molecule is COc1cccc(CN(Cc2ccccc2)CC(C)(C)O)c1. The third-order valence-electron chi connectivity index (χ3n) is 3.40. The second-order valence-corrected chi connectivity index (χ2v) is 6.29. The van der Waals surface area contributed by atoms with E-state index in [1.807, 2.05) is 50.2 Å². The Morgan fingerprint density at radius 3 is 2.23 bits per heavy atom. The van der Waals surface area contributed by atoms with Gasteiger partial charge in [0.2, 0.25) is 0 Å². The van der Waals surface area contributed by atoms with Gasteiger partial charge in [-0.3, -0.25) is 4.90 Å². The van der Waals surface area contributed by atoms with Gasteiger partial charge in [-0.15, -0.1) is 0 Å². The highest BCUT2D eigenvalue weighted by atomic mass is 16.5. The Bertz CT molecular complexity index is 575. The molecule has 0 fully saturated rings. The van der Waals surface area contributed by atoms with Gasteiger partial charge in [0.05, 0.1) is 12.7 Å². The molecule has 0 aliphatic rings. The smallest absolute Gasteiger partial charge is 0.119 e. The number of rotatable bonds is 7. The summed E-state index contributed by atoms with van der Waals surface area (Å²) in [4.78, 5) is 2.25. The van der Waals surface area contributed by atoms with Gasteiger partial charge in [-0.25, -0.2) is 0 Å². The second-order valence-electron chi connectivity index (χ2n) is 6.29. The van der Waals surface area contributed by atoms with Crippen LogP contribution in [0.25, 0.3) is 0 Å². The lowest BCUT2D eigenvalue weighted by Gasteiger charge is -2.29. The Morgan fingerprint density at radius 1 is 0.955 bits per heavy atom. The molecule has 0 unspecified atom stereocenters. The zero-order valence-electron chi connectivity index (χ0n) is 13.6. The third-order valence-corrected chi connectivity index (χ3v) is 3.40. The van der Waals surface area contributed by atoms with E-state index in [-0.39, 0.29) is 0 Å². The van der Waals surface area contributed by atoms with E-state index < -0.39 is 5.60 Å². The van der Waals surface area contributed by atoms with Crippen LogP contribution in [-0.2, 0) is 13.1 Å². The molecular formula is C19H25NO2. The van der Waals surface area contributed by atoms with E-state index in [0.29, 0.717) is 6.54 Å². The van der Waals surface area contributed by atoms with Crippen molar-refractivity contribution in [2.75, 3.05) is 13.7 Å². The lowest BCUT2D eigenvalue weighted by Crippen LogP contribution is -2.37. The highest BCUT2D eigenvalue weighted by Gasteiger charge is 2.19. The van der Waals surface area contributed by atoms with Gasteiger partial charge in [-0.05, 0) is 37.1 Å². The zero-order valence-corrected chi connectivity index (χ0v) is 13.6.